The second-order valence-electron chi connectivity index (χ2n) is 9.36. The first-order valence-electron chi connectivity index (χ1n) is 12.3. The highest BCUT2D eigenvalue weighted by Crippen LogP contribution is 2.30. The highest BCUT2D eigenvalue weighted by Gasteiger charge is 2.50. The molecule has 0 bridgehead atoms. The molecule has 0 radical (unpaired) electrons. The summed E-state index contributed by atoms with van der Waals surface area (Å²) in [6, 6.07) is 10.7. The van der Waals surface area contributed by atoms with Crippen LogP contribution in [0, 0.1) is 0 Å². The van der Waals surface area contributed by atoms with Gasteiger partial charge < -0.3 is 25.0 Å². The van der Waals surface area contributed by atoms with Gasteiger partial charge in [0.15, 0.2) is 0 Å². The number of carboxylic acids is 1. The minimum Gasteiger partial charge on any atom is -0.497 e. The summed E-state index contributed by atoms with van der Waals surface area (Å²) in [4.78, 5) is 54.4. The number of hydrogen-bond donors (Lipinski definition) is 2. The number of carboxylic acid groups (broad SMARTS) is 1. The van der Waals surface area contributed by atoms with E-state index in [9.17, 15) is 24.3 Å². The largest absolute Gasteiger partial charge is 0.497 e. The third kappa shape index (κ3) is 6.38. The molecular weight excluding hydrogens is 549 g/mol. The minimum absolute atomic E-state index is 0.0225. The molecule has 0 unspecified atom stereocenters. The van der Waals surface area contributed by atoms with Gasteiger partial charge in [-0.2, -0.15) is 0 Å². The Morgan fingerprint density at radius 3 is 2.41 bits per heavy atom. The van der Waals surface area contributed by atoms with Gasteiger partial charge in [0, 0.05) is 26.6 Å². The van der Waals surface area contributed by atoms with Crippen molar-refractivity contribution >= 4 is 47.0 Å². The van der Waals surface area contributed by atoms with Gasteiger partial charge in [-0.05, 0) is 41.8 Å². The Bertz CT molecular complexity index is 1260. The van der Waals surface area contributed by atoms with Crippen LogP contribution in [0.3, 0.4) is 0 Å². The Morgan fingerprint density at radius 2 is 1.77 bits per heavy atom. The molecular formula is C26H29Cl2N5O6. The fourth-order valence-electron chi connectivity index (χ4n) is 4.84. The summed E-state index contributed by atoms with van der Waals surface area (Å²) in [7, 11) is 3.19. The van der Waals surface area contributed by atoms with Crippen molar-refractivity contribution in [2.45, 2.75) is 38.1 Å². The summed E-state index contributed by atoms with van der Waals surface area (Å²) in [6.07, 6.45) is -1.24. The summed E-state index contributed by atoms with van der Waals surface area (Å²) >= 11 is 12.2. The van der Waals surface area contributed by atoms with E-state index in [1.54, 1.807) is 44.5 Å². The van der Waals surface area contributed by atoms with Crippen molar-refractivity contribution in [3.63, 3.8) is 0 Å². The summed E-state index contributed by atoms with van der Waals surface area (Å²) < 4.78 is 5.17. The minimum atomic E-state index is -1.09. The zero-order valence-electron chi connectivity index (χ0n) is 21.5. The van der Waals surface area contributed by atoms with E-state index in [2.05, 4.69) is 5.32 Å². The maximum Gasteiger partial charge on any atom is 0.334 e. The number of nitrogens with zero attached hydrogens (tertiary/aromatic N) is 4. The number of piperazine rings is 1. The van der Waals surface area contributed by atoms with Crippen LogP contribution in [0.1, 0.15) is 24.0 Å². The number of carbonyl (C=O) groups is 4. The van der Waals surface area contributed by atoms with E-state index in [-0.39, 0.29) is 44.9 Å². The fraction of sp³-hybridized carbons (Fsp3) is 0.385. The van der Waals surface area contributed by atoms with Gasteiger partial charge in [-0.1, -0.05) is 41.4 Å². The summed E-state index contributed by atoms with van der Waals surface area (Å²) in [5, 5.41) is 15.8. The first-order chi connectivity index (χ1) is 18.6. The number of fused-ring (bicyclic) bond motifs is 1. The van der Waals surface area contributed by atoms with Gasteiger partial charge in [0.1, 0.15) is 18.0 Å². The van der Waals surface area contributed by atoms with Crippen molar-refractivity contribution in [1.82, 2.24) is 25.1 Å². The van der Waals surface area contributed by atoms with E-state index >= 15 is 0 Å². The van der Waals surface area contributed by atoms with Gasteiger partial charge in [0.2, 0.25) is 11.8 Å². The normalized spacial score (nSPS) is 19.6. The van der Waals surface area contributed by atoms with Crippen LogP contribution in [0.2, 0.25) is 10.0 Å². The first kappa shape index (κ1) is 28.5. The predicted octanol–water partition coefficient (Wildman–Crippen LogP) is 2.80. The highest BCUT2D eigenvalue weighted by atomic mass is 35.5. The fourth-order valence-corrected chi connectivity index (χ4v) is 5.17. The molecule has 0 saturated carbocycles. The zero-order chi connectivity index (χ0) is 28.3. The van der Waals surface area contributed by atoms with Gasteiger partial charge in [-0.3, -0.25) is 14.4 Å². The molecule has 2 fully saturated rings. The number of methoxy groups -OCH3 is 1. The number of amides is 4. The van der Waals surface area contributed by atoms with Crippen LogP contribution >= 0.6 is 23.2 Å². The molecule has 2 aliphatic heterocycles. The highest BCUT2D eigenvalue weighted by molar-refractivity contribution is 6.42. The Labute approximate surface area is 235 Å². The first-order valence-corrected chi connectivity index (χ1v) is 13.0. The van der Waals surface area contributed by atoms with E-state index in [1.807, 2.05) is 12.1 Å². The van der Waals surface area contributed by atoms with Crippen LogP contribution in [-0.4, -0.2) is 88.2 Å². The third-order valence-electron chi connectivity index (χ3n) is 6.74. The molecule has 0 spiro atoms. The number of hydrazine groups is 1. The lowest BCUT2D eigenvalue weighted by Crippen LogP contribution is -2.75. The molecule has 2 heterocycles. The standard InChI is InChI=1S/C26H29Cl2N5O6/c1-30-15-23(34)32-21(9-10-24(35)36)25(37)31(13-17-5-8-19(27)20(28)11-17)14-22(32)33(30)26(38)29-12-16-3-6-18(39-2)7-4-16/h3-8,11,21-22H,9-10,12-15H2,1-2H3,(H,29,38)(H,35,36)/t21-,22-/m0/s1. The van der Waals surface area contributed by atoms with Crippen LogP contribution < -0.4 is 10.1 Å². The van der Waals surface area contributed by atoms with Gasteiger partial charge >= 0.3 is 12.0 Å². The summed E-state index contributed by atoms with van der Waals surface area (Å²) in [5.74, 6) is -1.15. The van der Waals surface area contributed by atoms with E-state index in [1.165, 1.54) is 19.8 Å². The number of carbonyl (C=O) groups excluding carboxylic acids is 3. The van der Waals surface area contributed by atoms with E-state index in [0.717, 1.165) is 5.56 Å². The molecule has 2 aliphatic rings. The molecule has 208 valence electrons. The third-order valence-corrected chi connectivity index (χ3v) is 7.48. The quantitative estimate of drug-likeness (QED) is 0.494. The van der Waals surface area contributed by atoms with Gasteiger partial charge in [-0.15, -0.1) is 0 Å². The predicted molar refractivity (Wildman–Crippen MR) is 143 cm³/mol. The second-order valence-corrected chi connectivity index (χ2v) is 10.2. The number of likely N-dealkylation sites (N-methyl/N-ethyl adjacent to an activating group) is 1. The second kappa shape index (κ2) is 12.1. The SMILES string of the molecule is COc1ccc(CNC(=O)N2[C@H]3CN(Cc4ccc(Cl)c(Cl)c4)C(=O)[C@H](CCC(=O)O)N3C(=O)CN2C)cc1. The molecule has 11 nitrogen and oxygen atoms in total. The van der Waals surface area contributed by atoms with Crippen LogP contribution in [0.15, 0.2) is 42.5 Å². The molecule has 0 aliphatic carbocycles. The molecule has 4 amide bonds. The lowest BCUT2D eigenvalue weighted by molar-refractivity contribution is -0.188. The number of hydrogen-bond acceptors (Lipinski definition) is 6. The van der Waals surface area contributed by atoms with Crippen molar-refractivity contribution in [2.75, 3.05) is 27.2 Å². The lowest BCUT2D eigenvalue weighted by Gasteiger charge is -2.54. The van der Waals surface area contributed by atoms with Crippen LogP contribution in [0.4, 0.5) is 4.79 Å². The Kier molecular flexibility index (Phi) is 8.83. The summed E-state index contributed by atoms with van der Waals surface area (Å²) in [6.45, 7) is 0.246. The number of urea groups is 1. The smallest absolute Gasteiger partial charge is 0.334 e. The number of ether oxygens (including phenoxy) is 1. The number of aliphatic carboxylic acids is 1. The monoisotopic (exact) mass is 577 g/mol. The van der Waals surface area contributed by atoms with Crippen molar-refractivity contribution in [2.24, 2.45) is 0 Å². The zero-order valence-corrected chi connectivity index (χ0v) is 23.0. The molecule has 2 aromatic rings. The number of benzene rings is 2. The molecule has 2 aromatic carbocycles. The number of rotatable bonds is 8. The van der Waals surface area contributed by atoms with Crippen molar-refractivity contribution < 1.29 is 29.0 Å². The van der Waals surface area contributed by atoms with Crippen molar-refractivity contribution in [1.29, 1.82) is 0 Å². The van der Waals surface area contributed by atoms with Crippen LogP contribution in [-0.2, 0) is 27.5 Å². The van der Waals surface area contributed by atoms with E-state index < -0.39 is 30.1 Å². The maximum atomic E-state index is 13.6. The number of halogens is 2. The molecule has 2 atom stereocenters. The van der Waals surface area contributed by atoms with Gasteiger partial charge in [0.25, 0.3) is 0 Å². The molecule has 0 aromatic heterocycles. The topological polar surface area (TPSA) is 123 Å². The molecule has 39 heavy (non-hydrogen) atoms. The van der Waals surface area contributed by atoms with Crippen LogP contribution in [0.5, 0.6) is 5.75 Å². The van der Waals surface area contributed by atoms with Crippen molar-refractivity contribution in [3.05, 3.63) is 63.6 Å². The van der Waals surface area contributed by atoms with Gasteiger partial charge in [0.05, 0.1) is 30.2 Å². The summed E-state index contributed by atoms with van der Waals surface area (Å²) in [5.41, 5.74) is 1.55. The molecule has 4 rings (SSSR count). The molecule has 13 heteroatoms. The Morgan fingerprint density at radius 1 is 1.08 bits per heavy atom. The maximum absolute atomic E-state index is 13.6. The molecule has 2 saturated heterocycles. The van der Waals surface area contributed by atoms with Gasteiger partial charge in [-0.25, -0.2) is 14.8 Å². The average Bonchev–Trinajstić information content (AvgIpc) is 2.90. The van der Waals surface area contributed by atoms with E-state index in [0.29, 0.717) is 21.4 Å². The van der Waals surface area contributed by atoms with Crippen molar-refractivity contribution in [3.8, 4) is 5.75 Å². The van der Waals surface area contributed by atoms with Crippen LogP contribution in [0.25, 0.3) is 0 Å². The lowest BCUT2D eigenvalue weighted by atomic mass is 10.0. The number of nitrogens with one attached hydrogen (secondary N) is 1. The Balaban J connectivity index is 1.60. The van der Waals surface area contributed by atoms with E-state index in [4.69, 9.17) is 27.9 Å². The Hall–Kier alpha value is -3.54. The average molecular weight is 578 g/mol. The molecule has 2 N–H and O–H groups in total.